The average molecular weight is 449 g/mol. The van der Waals surface area contributed by atoms with E-state index < -0.39 is 17.3 Å². The molecule has 2 heterocycles. The van der Waals surface area contributed by atoms with Crippen molar-refractivity contribution in [2.45, 2.75) is 50.9 Å². The first-order chi connectivity index (χ1) is 15.7. The molecule has 6 heteroatoms. The molecule has 1 fully saturated rings. The van der Waals surface area contributed by atoms with Gasteiger partial charge in [0, 0.05) is 24.9 Å². The molecule has 2 aromatic carbocycles. The molecule has 1 N–H and O–H groups in total. The maximum atomic E-state index is 13.2. The normalized spacial score (nSPS) is 19.8. The van der Waals surface area contributed by atoms with Gasteiger partial charge in [-0.2, -0.15) is 0 Å². The fraction of sp³-hybridized carbons (Fsp3) is 0.333. The van der Waals surface area contributed by atoms with Gasteiger partial charge in [0.05, 0.1) is 23.5 Å². The SMILES string of the molecule is CC(c1ccc(-c2ccc(F)cn2)cc1)N1CCC(CC(C)(C)O)(c2ccccc2)OC1=O. The van der Waals surface area contributed by atoms with Crippen molar-refractivity contribution in [3.63, 3.8) is 0 Å². The molecule has 1 saturated heterocycles. The molecule has 1 amide bonds. The minimum Gasteiger partial charge on any atom is -0.438 e. The first-order valence-electron chi connectivity index (χ1n) is 11.2. The zero-order chi connectivity index (χ0) is 23.6. The molecule has 2 unspecified atom stereocenters. The molecule has 4 rings (SSSR count). The Balaban J connectivity index is 1.53. The third kappa shape index (κ3) is 5.06. The standard InChI is InChI=1S/C27H29FN2O3/c1-19(20-9-11-21(12-10-20)24-14-13-23(28)17-29-24)30-16-15-27(33-25(30)31,18-26(2,3)32)22-7-5-4-6-8-22/h4-14,17,19,32H,15-16,18H2,1-3H3. The van der Waals surface area contributed by atoms with Gasteiger partial charge >= 0.3 is 6.09 Å². The second kappa shape index (κ2) is 8.94. The lowest BCUT2D eigenvalue weighted by molar-refractivity contribution is -0.101. The zero-order valence-corrected chi connectivity index (χ0v) is 19.2. The molecule has 33 heavy (non-hydrogen) atoms. The average Bonchev–Trinajstić information content (AvgIpc) is 2.79. The number of nitrogens with zero attached hydrogens (tertiary/aromatic N) is 2. The number of halogens is 1. The number of pyridine rings is 1. The van der Waals surface area contributed by atoms with E-state index in [9.17, 15) is 14.3 Å². The number of ether oxygens (including phenoxy) is 1. The van der Waals surface area contributed by atoms with Gasteiger partial charge < -0.3 is 14.7 Å². The van der Waals surface area contributed by atoms with Crippen LogP contribution in [0.1, 0.15) is 50.8 Å². The molecule has 0 radical (unpaired) electrons. The number of cyclic esters (lactones) is 1. The Hall–Kier alpha value is -3.25. The van der Waals surface area contributed by atoms with Gasteiger partial charge in [-0.15, -0.1) is 0 Å². The third-order valence-corrected chi connectivity index (χ3v) is 6.18. The molecule has 1 aromatic heterocycles. The van der Waals surface area contributed by atoms with E-state index in [0.717, 1.165) is 16.7 Å². The van der Waals surface area contributed by atoms with Gasteiger partial charge in [-0.25, -0.2) is 9.18 Å². The lowest BCUT2D eigenvalue weighted by atomic mass is 9.80. The Labute approximate surface area is 193 Å². The molecule has 1 aliphatic heterocycles. The second-order valence-electron chi connectivity index (χ2n) is 9.32. The van der Waals surface area contributed by atoms with Crippen LogP contribution < -0.4 is 0 Å². The van der Waals surface area contributed by atoms with Crippen LogP contribution in [0.3, 0.4) is 0 Å². The largest absolute Gasteiger partial charge is 0.438 e. The van der Waals surface area contributed by atoms with Crippen LogP contribution >= 0.6 is 0 Å². The number of aliphatic hydroxyl groups is 1. The van der Waals surface area contributed by atoms with E-state index in [4.69, 9.17) is 4.74 Å². The number of hydrogen-bond donors (Lipinski definition) is 1. The highest BCUT2D eigenvalue weighted by atomic mass is 19.1. The number of aromatic nitrogens is 1. The Morgan fingerprint density at radius 2 is 1.82 bits per heavy atom. The van der Waals surface area contributed by atoms with Gasteiger partial charge in [0.25, 0.3) is 0 Å². The fourth-order valence-corrected chi connectivity index (χ4v) is 4.55. The van der Waals surface area contributed by atoms with Crippen LogP contribution in [-0.2, 0) is 10.3 Å². The van der Waals surface area contributed by atoms with E-state index in [1.54, 1.807) is 24.8 Å². The Bertz CT molecular complexity index is 1090. The molecule has 172 valence electrons. The van der Waals surface area contributed by atoms with Crippen molar-refractivity contribution >= 4 is 6.09 Å². The topological polar surface area (TPSA) is 62.7 Å². The molecule has 3 aromatic rings. The summed E-state index contributed by atoms with van der Waals surface area (Å²) in [6.45, 7) is 5.94. The van der Waals surface area contributed by atoms with Crippen LogP contribution in [0.2, 0.25) is 0 Å². The highest BCUT2D eigenvalue weighted by molar-refractivity contribution is 5.70. The van der Waals surface area contributed by atoms with E-state index >= 15 is 0 Å². The fourth-order valence-electron chi connectivity index (χ4n) is 4.55. The van der Waals surface area contributed by atoms with Crippen LogP contribution in [0.15, 0.2) is 72.9 Å². The van der Waals surface area contributed by atoms with E-state index in [0.29, 0.717) is 25.1 Å². The van der Waals surface area contributed by atoms with Crippen molar-refractivity contribution in [3.05, 3.63) is 89.9 Å². The summed E-state index contributed by atoms with van der Waals surface area (Å²) in [5.74, 6) is -0.372. The predicted octanol–water partition coefficient (Wildman–Crippen LogP) is 5.85. The first kappa shape index (κ1) is 22.9. The van der Waals surface area contributed by atoms with Gasteiger partial charge in [0.1, 0.15) is 11.4 Å². The number of hydrogen-bond acceptors (Lipinski definition) is 4. The quantitative estimate of drug-likeness (QED) is 0.514. The van der Waals surface area contributed by atoms with Gasteiger partial charge in [-0.1, -0.05) is 54.6 Å². The number of carbonyl (C=O) groups excluding carboxylic acids is 1. The molecule has 5 nitrogen and oxygen atoms in total. The summed E-state index contributed by atoms with van der Waals surface area (Å²) in [6, 6.07) is 20.2. The van der Waals surface area contributed by atoms with Gasteiger partial charge in [-0.05, 0) is 44.0 Å². The highest BCUT2D eigenvalue weighted by Gasteiger charge is 2.46. The van der Waals surface area contributed by atoms with Gasteiger partial charge in [-0.3, -0.25) is 4.98 Å². The minimum atomic E-state index is -0.992. The summed E-state index contributed by atoms with van der Waals surface area (Å²) in [5.41, 5.74) is 1.56. The van der Waals surface area contributed by atoms with E-state index in [-0.39, 0.29) is 11.9 Å². The minimum absolute atomic E-state index is 0.191. The summed E-state index contributed by atoms with van der Waals surface area (Å²) in [6.07, 6.45) is 1.69. The van der Waals surface area contributed by atoms with Crippen LogP contribution in [-0.4, -0.2) is 33.2 Å². The van der Waals surface area contributed by atoms with Gasteiger partial charge in [0.15, 0.2) is 0 Å². The molecular weight excluding hydrogens is 419 g/mol. The summed E-state index contributed by atoms with van der Waals surface area (Å²) >= 11 is 0. The summed E-state index contributed by atoms with van der Waals surface area (Å²) in [5, 5.41) is 10.5. The van der Waals surface area contributed by atoms with E-state index in [2.05, 4.69) is 4.98 Å². The number of rotatable bonds is 6. The molecule has 0 aliphatic carbocycles. The molecule has 2 atom stereocenters. The summed E-state index contributed by atoms with van der Waals surface area (Å²) < 4.78 is 19.2. The highest BCUT2D eigenvalue weighted by Crippen LogP contribution is 2.42. The van der Waals surface area contributed by atoms with Crippen molar-refractivity contribution in [1.82, 2.24) is 9.88 Å². The van der Waals surface area contributed by atoms with E-state index in [1.165, 1.54) is 12.3 Å². The Morgan fingerprint density at radius 1 is 1.12 bits per heavy atom. The molecule has 0 bridgehead atoms. The number of benzene rings is 2. The first-order valence-corrected chi connectivity index (χ1v) is 11.2. The van der Waals surface area contributed by atoms with Crippen molar-refractivity contribution in [1.29, 1.82) is 0 Å². The second-order valence-corrected chi connectivity index (χ2v) is 9.32. The van der Waals surface area contributed by atoms with Crippen LogP contribution in [0.4, 0.5) is 9.18 Å². The maximum absolute atomic E-state index is 13.2. The van der Waals surface area contributed by atoms with Gasteiger partial charge in [0.2, 0.25) is 0 Å². The number of carbonyl (C=O) groups is 1. The van der Waals surface area contributed by atoms with Crippen molar-refractivity contribution < 1.29 is 19.0 Å². The molecule has 0 spiro atoms. The molecule has 0 saturated carbocycles. The van der Waals surface area contributed by atoms with Crippen molar-refractivity contribution in [2.75, 3.05) is 6.54 Å². The predicted molar refractivity (Wildman–Crippen MR) is 125 cm³/mol. The molecule has 1 aliphatic rings. The third-order valence-electron chi connectivity index (χ3n) is 6.18. The lowest BCUT2D eigenvalue weighted by Gasteiger charge is -2.45. The lowest BCUT2D eigenvalue weighted by Crippen LogP contribution is -2.51. The van der Waals surface area contributed by atoms with Crippen molar-refractivity contribution in [3.8, 4) is 11.3 Å². The summed E-state index contributed by atoms with van der Waals surface area (Å²) in [4.78, 5) is 19.0. The zero-order valence-electron chi connectivity index (χ0n) is 19.2. The monoisotopic (exact) mass is 448 g/mol. The van der Waals surface area contributed by atoms with Crippen molar-refractivity contribution in [2.24, 2.45) is 0 Å². The van der Waals surface area contributed by atoms with Crippen LogP contribution in [0.5, 0.6) is 0 Å². The molecular formula is C27H29FN2O3. The van der Waals surface area contributed by atoms with Crippen LogP contribution in [0.25, 0.3) is 11.3 Å². The maximum Gasteiger partial charge on any atom is 0.411 e. The smallest absolute Gasteiger partial charge is 0.411 e. The Morgan fingerprint density at radius 3 is 2.39 bits per heavy atom. The summed E-state index contributed by atoms with van der Waals surface area (Å²) in [7, 11) is 0. The number of amides is 1. The van der Waals surface area contributed by atoms with Crippen LogP contribution in [0, 0.1) is 5.82 Å². The Kier molecular flexibility index (Phi) is 6.21. The van der Waals surface area contributed by atoms with E-state index in [1.807, 2.05) is 61.5 Å².